The second-order valence-corrected chi connectivity index (χ2v) is 7.50. The Bertz CT molecular complexity index is 1030. The van der Waals surface area contributed by atoms with Crippen LogP contribution in [-0.2, 0) is 6.54 Å². The minimum atomic E-state index is -0.403. The molecule has 1 aliphatic heterocycles. The second kappa shape index (κ2) is 9.72. The molecule has 2 amide bonds. The van der Waals surface area contributed by atoms with Gasteiger partial charge in [0.05, 0.1) is 0 Å². The van der Waals surface area contributed by atoms with Gasteiger partial charge in [-0.3, -0.25) is 10.2 Å². The lowest BCUT2D eigenvalue weighted by atomic mass is 10.1. The van der Waals surface area contributed by atoms with Gasteiger partial charge in [0.15, 0.2) is 22.5 Å². The maximum atomic E-state index is 14.2. The van der Waals surface area contributed by atoms with Crippen molar-refractivity contribution in [1.82, 2.24) is 20.0 Å². The number of halogens is 2. The highest BCUT2D eigenvalue weighted by Gasteiger charge is 2.22. The molecule has 0 spiro atoms. The zero-order valence-electron chi connectivity index (χ0n) is 16.7. The fourth-order valence-electron chi connectivity index (χ4n) is 3.28. The van der Waals surface area contributed by atoms with E-state index in [-0.39, 0.29) is 16.9 Å². The van der Waals surface area contributed by atoms with Crippen molar-refractivity contribution in [1.29, 1.82) is 0 Å². The third-order valence-electron chi connectivity index (χ3n) is 4.90. The molecule has 0 unspecified atom stereocenters. The third kappa shape index (κ3) is 5.68. The predicted molar refractivity (Wildman–Crippen MR) is 116 cm³/mol. The van der Waals surface area contributed by atoms with Gasteiger partial charge < -0.3 is 9.64 Å². The number of carbonyl (C=O) groups is 1. The standard InChI is InChI=1S/C22H21ClFN5O2/c23-20-8-9-21(27-26-20)25-22(30)29-12-10-28(11-13-29)15-16-6-7-18(24)19(14-16)31-17-4-2-1-3-5-17/h1-9,14H,10-13,15H2,(H,25,27,30). The van der Waals surface area contributed by atoms with Crippen molar-refractivity contribution in [3.05, 3.63) is 77.2 Å². The molecule has 160 valence electrons. The fourth-order valence-corrected chi connectivity index (χ4v) is 3.38. The first-order chi connectivity index (χ1) is 15.1. The van der Waals surface area contributed by atoms with E-state index in [1.165, 1.54) is 6.07 Å². The number of nitrogens with zero attached hydrogens (tertiary/aromatic N) is 4. The summed E-state index contributed by atoms with van der Waals surface area (Å²) in [6.07, 6.45) is 0. The number of nitrogens with one attached hydrogen (secondary N) is 1. The molecule has 0 radical (unpaired) electrons. The van der Waals surface area contributed by atoms with Crippen LogP contribution in [0.3, 0.4) is 0 Å². The highest BCUT2D eigenvalue weighted by molar-refractivity contribution is 6.29. The topological polar surface area (TPSA) is 70.6 Å². The highest BCUT2D eigenvalue weighted by atomic mass is 35.5. The third-order valence-corrected chi connectivity index (χ3v) is 5.10. The maximum absolute atomic E-state index is 14.2. The average Bonchev–Trinajstić information content (AvgIpc) is 2.79. The van der Waals surface area contributed by atoms with E-state index in [1.54, 1.807) is 41.3 Å². The molecule has 9 heteroatoms. The number of amides is 2. The fraction of sp³-hybridized carbons (Fsp3) is 0.227. The molecule has 0 atom stereocenters. The monoisotopic (exact) mass is 441 g/mol. The van der Waals surface area contributed by atoms with Gasteiger partial charge in [0, 0.05) is 32.7 Å². The molecular weight excluding hydrogens is 421 g/mol. The molecule has 3 aromatic rings. The van der Waals surface area contributed by atoms with Crippen LogP contribution >= 0.6 is 11.6 Å². The van der Waals surface area contributed by atoms with Gasteiger partial charge in [-0.05, 0) is 42.0 Å². The van der Waals surface area contributed by atoms with Gasteiger partial charge in [-0.1, -0.05) is 35.9 Å². The summed E-state index contributed by atoms with van der Waals surface area (Å²) in [5, 5.41) is 10.5. The number of anilines is 1. The summed E-state index contributed by atoms with van der Waals surface area (Å²) in [4.78, 5) is 16.3. The lowest BCUT2D eigenvalue weighted by Gasteiger charge is -2.34. The van der Waals surface area contributed by atoms with E-state index in [2.05, 4.69) is 20.4 Å². The molecule has 1 N–H and O–H groups in total. The van der Waals surface area contributed by atoms with Gasteiger partial charge in [0.2, 0.25) is 0 Å². The summed E-state index contributed by atoms with van der Waals surface area (Å²) in [5.74, 6) is 0.739. The van der Waals surface area contributed by atoms with E-state index in [4.69, 9.17) is 16.3 Å². The van der Waals surface area contributed by atoms with Crippen LogP contribution in [0.1, 0.15) is 5.56 Å². The Balaban J connectivity index is 1.31. The number of carbonyl (C=O) groups excluding carboxylic acids is 1. The first-order valence-electron chi connectivity index (χ1n) is 9.86. The Hall–Kier alpha value is -3.23. The Morgan fingerprint density at radius 3 is 2.52 bits per heavy atom. The molecule has 1 aromatic heterocycles. The summed E-state index contributed by atoms with van der Waals surface area (Å²) in [7, 11) is 0. The number of hydrogen-bond acceptors (Lipinski definition) is 5. The first kappa shape index (κ1) is 21.0. The molecule has 2 heterocycles. The van der Waals surface area contributed by atoms with Gasteiger partial charge in [-0.2, -0.15) is 0 Å². The number of para-hydroxylation sites is 1. The quantitative estimate of drug-likeness (QED) is 0.635. The van der Waals surface area contributed by atoms with Crippen molar-refractivity contribution >= 4 is 23.4 Å². The van der Waals surface area contributed by atoms with Crippen LogP contribution in [0.15, 0.2) is 60.7 Å². The van der Waals surface area contributed by atoms with E-state index < -0.39 is 5.82 Å². The van der Waals surface area contributed by atoms with E-state index >= 15 is 0 Å². The second-order valence-electron chi connectivity index (χ2n) is 7.11. The van der Waals surface area contributed by atoms with Gasteiger partial charge in [-0.15, -0.1) is 10.2 Å². The minimum Gasteiger partial charge on any atom is -0.454 e. The van der Waals surface area contributed by atoms with Gasteiger partial charge >= 0.3 is 6.03 Å². The van der Waals surface area contributed by atoms with Gasteiger partial charge in [-0.25, -0.2) is 9.18 Å². The largest absolute Gasteiger partial charge is 0.454 e. The van der Waals surface area contributed by atoms with Crippen LogP contribution in [-0.4, -0.2) is 52.2 Å². The van der Waals surface area contributed by atoms with E-state index in [0.717, 1.165) is 5.56 Å². The first-order valence-corrected chi connectivity index (χ1v) is 10.2. The summed E-state index contributed by atoms with van der Waals surface area (Å²) >= 11 is 5.71. The zero-order valence-corrected chi connectivity index (χ0v) is 17.4. The van der Waals surface area contributed by atoms with Crippen molar-refractivity contribution in [2.45, 2.75) is 6.54 Å². The molecule has 0 aliphatic carbocycles. The van der Waals surface area contributed by atoms with Gasteiger partial charge in [0.1, 0.15) is 5.75 Å². The predicted octanol–water partition coefficient (Wildman–Crippen LogP) is 4.41. The van der Waals surface area contributed by atoms with Crippen LogP contribution in [0.5, 0.6) is 11.5 Å². The SMILES string of the molecule is O=C(Nc1ccc(Cl)nn1)N1CCN(Cc2ccc(F)c(Oc3ccccc3)c2)CC1. The highest BCUT2D eigenvalue weighted by Crippen LogP contribution is 2.26. The average molecular weight is 442 g/mol. The number of benzene rings is 2. The zero-order chi connectivity index (χ0) is 21.6. The van der Waals surface area contributed by atoms with E-state index in [0.29, 0.717) is 44.3 Å². The van der Waals surface area contributed by atoms with Crippen LogP contribution in [0.4, 0.5) is 15.0 Å². The molecule has 1 fully saturated rings. The van der Waals surface area contributed by atoms with Crippen LogP contribution < -0.4 is 10.1 Å². The number of hydrogen-bond donors (Lipinski definition) is 1. The molecular formula is C22H21ClFN5O2. The minimum absolute atomic E-state index is 0.200. The van der Waals surface area contributed by atoms with E-state index in [1.807, 2.05) is 18.2 Å². The number of ether oxygens (including phenoxy) is 1. The Kier molecular flexibility index (Phi) is 6.59. The lowest BCUT2D eigenvalue weighted by Crippen LogP contribution is -2.49. The van der Waals surface area contributed by atoms with Crippen LogP contribution in [0.2, 0.25) is 5.15 Å². The summed E-state index contributed by atoms with van der Waals surface area (Å²) in [6.45, 7) is 3.18. The van der Waals surface area contributed by atoms with Crippen molar-refractivity contribution in [3.8, 4) is 11.5 Å². The molecule has 4 rings (SSSR count). The molecule has 0 bridgehead atoms. The molecule has 1 saturated heterocycles. The number of urea groups is 1. The van der Waals surface area contributed by atoms with Crippen molar-refractivity contribution in [2.75, 3.05) is 31.5 Å². The van der Waals surface area contributed by atoms with Crippen molar-refractivity contribution in [2.24, 2.45) is 0 Å². The lowest BCUT2D eigenvalue weighted by molar-refractivity contribution is 0.143. The summed E-state index contributed by atoms with van der Waals surface area (Å²) in [5.41, 5.74) is 0.946. The molecule has 2 aromatic carbocycles. The molecule has 1 aliphatic rings. The van der Waals surface area contributed by atoms with Crippen LogP contribution in [0, 0.1) is 5.82 Å². The Labute approximate surface area is 184 Å². The van der Waals surface area contributed by atoms with Crippen molar-refractivity contribution < 1.29 is 13.9 Å². The normalized spacial score (nSPS) is 14.3. The Morgan fingerprint density at radius 1 is 1.03 bits per heavy atom. The van der Waals surface area contributed by atoms with E-state index in [9.17, 15) is 9.18 Å². The Morgan fingerprint density at radius 2 is 1.81 bits per heavy atom. The molecule has 0 saturated carbocycles. The summed E-state index contributed by atoms with van der Waals surface area (Å²) in [6, 6.07) is 17.0. The summed E-state index contributed by atoms with van der Waals surface area (Å²) < 4.78 is 19.8. The van der Waals surface area contributed by atoms with Crippen molar-refractivity contribution in [3.63, 3.8) is 0 Å². The molecule has 31 heavy (non-hydrogen) atoms. The van der Waals surface area contributed by atoms with Gasteiger partial charge in [0.25, 0.3) is 0 Å². The maximum Gasteiger partial charge on any atom is 0.323 e. The number of piperazine rings is 1. The number of aromatic nitrogens is 2. The molecule has 7 nitrogen and oxygen atoms in total. The van der Waals surface area contributed by atoms with Crippen LogP contribution in [0.25, 0.3) is 0 Å². The number of rotatable bonds is 5. The smallest absolute Gasteiger partial charge is 0.323 e.